The Balaban J connectivity index is 2.40. The van der Waals surface area contributed by atoms with Crippen LogP contribution in [0.25, 0.3) is 10.9 Å². The lowest BCUT2D eigenvalue weighted by atomic mass is 10.1. The summed E-state index contributed by atoms with van der Waals surface area (Å²) >= 11 is 1.26. The van der Waals surface area contributed by atoms with E-state index in [1.807, 2.05) is 19.1 Å². The van der Waals surface area contributed by atoms with Crippen LogP contribution >= 0.6 is 11.8 Å². The lowest BCUT2D eigenvalue weighted by Gasteiger charge is -2.07. The molecule has 18 heavy (non-hydrogen) atoms. The normalized spacial score (nSPS) is 10.8. The van der Waals surface area contributed by atoms with Crippen molar-refractivity contribution in [2.75, 3.05) is 5.75 Å². The number of pyridine rings is 1. The van der Waals surface area contributed by atoms with Crippen LogP contribution in [0, 0.1) is 6.92 Å². The van der Waals surface area contributed by atoms with Crippen molar-refractivity contribution in [1.82, 2.24) is 4.98 Å². The maximum Gasteiger partial charge on any atom is 0.313 e. The molecule has 4 heteroatoms. The molecule has 0 saturated heterocycles. The van der Waals surface area contributed by atoms with Crippen molar-refractivity contribution in [3.05, 3.63) is 35.4 Å². The zero-order chi connectivity index (χ0) is 13.1. The molecule has 0 amide bonds. The van der Waals surface area contributed by atoms with E-state index >= 15 is 0 Å². The Morgan fingerprint density at radius 3 is 2.83 bits per heavy atom. The first-order chi connectivity index (χ1) is 8.60. The number of thioether (sulfide) groups is 1. The van der Waals surface area contributed by atoms with E-state index in [9.17, 15) is 4.79 Å². The molecule has 0 bridgehead atoms. The summed E-state index contributed by atoms with van der Waals surface area (Å²) in [5.74, 6) is -0.772. The number of benzene rings is 1. The Morgan fingerprint density at radius 2 is 2.17 bits per heavy atom. The number of carboxylic acids is 1. The maximum atomic E-state index is 10.6. The van der Waals surface area contributed by atoms with Crippen LogP contribution in [0.1, 0.15) is 18.1 Å². The largest absolute Gasteiger partial charge is 0.481 e. The molecule has 94 valence electrons. The molecule has 0 saturated carbocycles. The highest BCUT2D eigenvalue weighted by molar-refractivity contribution is 7.99. The number of aromatic nitrogens is 1. The van der Waals surface area contributed by atoms with E-state index in [1.54, 1.807) is 0 Å². The SMILES string of the molecule is CCc1ccc2nc(SCC(=O)O)cc(C)c2c1. The number of aliphatic carboxylic acids is 1. The van der Waals surface area contributed by atoms with Gasteiger partial charge in [-0.3, -0.25) is 4.79 Å². The first-order valence-corrected chi connectivity index (χ1v) is 6.83. The number of carboxylic acid groups (broad SMARTS) is 1. The standard InChI is InChI=1S/C14H15NO2S/c1-3-10-4-5-12-11(7-10)9(2)6-13(15-12)18-8-14(16)17/h4-7H,3,8H2,1-2H3,(H,16,17). The zero-order valence-electron chi connectivity index (χ0n) is 10.4. The summed E-state index contributed by atoms with van der Waals surface area (Å²) in [6.45, 7) is 4.16. The minimum atomic E-state index is -0.819. The number of aryl methyl sites for hydroxylation is 2. The van der Waals surface area contributed by atoms with Crippen LogP contribution in [0.5, 0.6) is 0 Å². The molecule has 0 aliphatic carbocycles. The average Bonchev–Trinajstić information content (AvgIpc) is 2.36. The fraction of sp³-hybridized carbons (Fsp3) is 0.286. The number of carbonyl (C=O) groups is 1. The second kappa shape index (κ2) is 5.40. The third-order valence-corrected chi connectivity index (χ3v) is 3.70. The van der Waals surface area contributed by atoms with Gasteiger partial charge in [0.15, 0.2) is 0 Å². The molecule has 0 radical (unpaired) electrons. The van der Waals surface area contributed by atoms with Gasteiger partial charge in [-0.1, -0.05) is 24.8 Å². The number of fused-ring (bicyclic) bond motifs is 1. The molecule has 2 rings (SSSR count). The van der Waals surface area contributed by atoms with E-state index in [4.69, 9.17) is 5.11 Å². The van der Waals surface area contributed by atoms with E-state index in [1.165, 1.54) is 17.3 Å². The third-order valence-electron chi connectivity index (χ3n) is 2.81. The number of rotatable bonds is 4. The molecule has 0 atom stereocenters. The van der Waals surface area contributed by atoms with E-state index in [2.05, 4.69) is 24.0 Å². The highest BCUT2D eigenvalue weighted by atomic mass is 32.2. The molecule has 0 aliphatic rings. The predicted molar refractivity (Wildman–Crippen MR) is 74.2 cm³/mol. The Bertz CT molecular complexity index is 596. The zero-order valence-corrected chi connectivity index (χ0v) is 11.3. The summed E-state index contributed by atoms with van der Waals surface area (Å²) in [6, 6.07) is 8.19. The molecule has 1 aromatic heterocycles. The molecular weight excluding hydrogens is 246 g/mol. The quantitative estimate of drug-likeness (QED) is 0.858. The second-order valence-corrected chi connectivity index (χ2v) is 5.16. The molecule has 1 N–H and O–H groups in total. The van der Waals surface area contributed by atoms with Crippen LogP contribution in [-0.2, 0) is 11.2 Å². The van der Waals surface area contributed by atoms with Gasteiger partial charge in [-0.05, 0) is 42.7 Å². The van der Waals surface area contributed by atoms with Gasteiger partial charge in [0.25, 0.3) is 0 Å². The second-order valence-electron chi connectivity index (χ2n) is 4.16. The molecule has 2 aromatic rings. The van der Waals surface area contributed by atoms with Crippen LogP contribution in [0.2, 0.25) is 0 Å². The number of hydrogen-bond donors (Lipinski definition) is 1. The molecule has 0 spiro atoms. The molecular formula is C14H15NO2S. The Kier molecular flexibility index (Phi) is 3.87. The monoisotopic (exact) mass is 261 g/mol. The van der Waals surface area contributed by atoms with E-state index in [0.717, 1.165) is 27.9 Å². The van der Waals surface area contributed by atoms with Crippen molar-refractivity contribution in [3.63, 3.8) is 0 Å². The summed E-state index contributed by atoms with van der Waals surface area (Å²) < 4.78 is 0. The third kappa shape index (κ3) is 2.82. The van der Waals surface area contributed by atoms with Gasteiger partial charge in [0.1, 0.15) is 0 Å². The van der Waals surface area contributed by atoms with Gasteiger partial charge in [-0.2, -0.15) is 0 Å². The predicted octanol–water partition coefficient (Wildman–Crippen LogP) is 3.28. The number of hydrogen-bond acceptors (Lipinski definition) is 3. The molecule has 1 aromatic carbocycles. The van der Waals surface area contributed by atoms with Crippen LogP contribution in [0.4, 0.5) is 0 Å². The van der Waals surface area contributed by atoms with Gasteiger partial charge in [-0.25, -0.2) is 4.98 Å². The topological polar surface area (TPSA) is 50.2 Å². The maximum absolute atomic E-state index is 10.6. The molecule has 0 fully saturated rings. The average molecular weight is 261 g/mol. The van der Waals surface area contributed by atoms with Crippen LogP contribution in [-0.4, -0.2) is 21.8 Å². The molecule has 3 nitrogen and oxygen atoms in total. The van der Waals surface area contributed by atoms with Gasteiger partial charge >= 0.3 is 5.97 Å². The minimum absolute atomic E-state index is 0.0466. The highest BCUT2D eigenvalue weighted by Crippen LogP contribution is 2.24. The first-order valence-electron chi connectivity index (χ1n) is 5.85. The van der Waals surface area contributed by atoms with Crippen molar-refractivity contribution in [2.45, 2.75) is 25.3 Å². The van der Waals surface area contributed by atoms with Crippen molar-refractivity contribution < 1.29 is 9.90 Å². The van der Waals surface area contributed by atoms with Crippen molar-refractivity contribution in [3.8, 4) is 0 Å². The smallest absolute Gasteiger partial charge is 0.313 e. The Morgan fingerprint density at radius 1 is 1.39 bits per heavy atom. The molecule has 1 heterocycles. The molecule has 0 unspecified atom stereocenters. The van der Waals surface area contributed by atoms with Gasteiger partial charge in [-0.15, -0.1) is 0 Å². The van der Waals surface area contributed by atoms with E-state index in [-0.39, 0.29) is 5.75 Å². The fourth-order valence-corrected chi connectivity index (χ4v) is 2.53. The van der Waals surface area contributed by atoms with Gasteiger partial charge in [0.2, 0.25) is 0 Å². The lowest BCUT2D eigenvalue weighted by Crippen LogP contribution is -1.98. The first kappa shape index (κ1) is 12.9. The summed E-state index contributed by atoms with van der Waals surface area (Å²) in [4.78, 5) is 15.0. The highest BCUT2D eigenvalue weighted by Gasteiger charge is 2.06. The fourth-order valence-electron chi connectivity index (χ4n) is 1.84. The Labute approximate surface area is 110 Å². The van der Waals surface area contributed by atoms with Crippen LogP contribution < -0.4 is 0 Å². The van der Waals surface area contributed by atoms with Gasteiger partial charge in [0.05, 0.1) is 16.3 Å². The van der Waals surface area contributed by atoms with Gasteiger partial charge in [0, 0.05) is 5.39 Å². The Hall–Kier alpha value is -1.55. The summed E-state index contributed by atoms with van der Waals surface area (Å²) in [5.41, 5.74) is 3.36. The van der Waals surface area contributed by atoms with Gasteiger partial charge < -0.3 is 5.11 Å². The summed E-state index contributed by atoms with van der Waals surface area (Å²) in [5, 5.41) is 10.6. The van der Waals surface area contributed by atoms with Crippen molar-refractivity contribution in [2.24, 2.45) is 0 Å². The lowest BCUT2D eigenvalue weighted by molar-refractivity contribution is -0.133. The molecule has 0 aliphatic heterocycles. The van der Waals surface area contributed by atoms with Crippen molar-refractivity contribution in [1.29, 1.82) is 0 Å². The van der Waals surface area contributed by atoms with E-state index in [0.29, 0.717) is 0 Å². The summed E-state index contributed by atoms with van der Waals surface area (Å²) in [6.07, 6.45) is 1.00. The summed E-state index contributed by atoms with van der Waals surface area (Å²) in [7, 11) is 0. The van der Waals surface area contributed by atoms with Crippen LogP contribution in [0.15, 0.2) is 29.3 Å². The minimum Gasteiger partial charge on any atom is -0.481 e. The van der Waals surface area contributed by atoms with Crippen molar-refractivity contribution >= 4 is 28.6 Å². The number of nitrogens with zero attached hydrogens (tertiary/aromatic N) is 1. The van der Waals surface area contributed by atoms with Crippen LogP contribution in [0.3, 0.4) is 0 Å². The van der Waals surface area contributed by atoms with E-state index < -0.39 is 5.97 Å².